The minimum absolute atomic E-state index is 0.396. The molecular formula is C18H15BrClN3O2. The van der Waals surface area contributed by atoms with Gasteiger partial charge in [0.1, 0.15) is 5.75 Å². The molecule has 0 unspecified atom stereocenters. The number of nitrogens with one attached hydrogen (secondary N) is 2. The van der Waals surface area contributed by atoms with Gasteiger partial charge in [-0.15, -0.1) is 0 Å². The molecule has 0 atom stereocenters. The van der Waals surface area contributed by atoms with Crippen LogP contribution in [0.4, 0.5) is 16.2 Å². The van der Waals surface area contributed by atoms with Crippen LogP contribution in [-0.4, -0.2) is 18.1 Å². The number of amides is 2. The molecule has 7 heteroatoms. The zero-order valence-corrected chi connectivity index (χ0v) is 15.9. The monoisotopic (exact) mass is 419 g/mol. The lowest BCUT2D eigenvalue weighted by molar-refractivity contribution is 0.262. The number of fused-ring (bicyclic) bond motifs is 1. The first-order valence-electron chi connectivity index (χ1n) is 7.45. The first-order valence-corrected chi connectivity index (χ1v) is 8.62. The second-order valence-electron chi connectivity index (χ2n) is 5.40. The zero-order valence-electron chi connectivity index (χ0n) is 13.6. The van der Waals surface area contributed by atoms with Crippen LogP contribution in [0.1, 0.15) is 5.69 Å². The molecule has 0 radical (unpaired) electrons. The van der Waals surface area contributed by atoms with E-state index in [1.54, 1.807) is 18.2 Å². The Morgan fingerprint density at radius 1 is 1.12 bits per heavy atom. The topological polar surface area (TPSA) is 63.2 Å². The van der Waals surface area contributed by atoms with Gasteiger partial charge in [-0.05, 0) is 49.4 Å². The Kier molecular flexibility index (Phi) is 5.11. The molecule has 0 aliphatic rings. The smallest absolute Gasteiger partial charge is 0.323 e. The highest BCUT2D eigenvalue weighted by Crippen LogP contribution is 2.29. The molecule has 2 amide bonds. The number of nitrogens with zero attached hydrogens (tertiary/aromatic N) is 1. The molecule has 0 saturated carbocycles. The number of rotatable bonds is 3. The quantitative estimate of drug-likeness (QED) is 0.579. The van der Waals surface area contributed by atoms with Gasteiger partial charge in [0.05, 0.1) is 24.0 Å². The number of aromatic nitrogens is 1. The van der Waals surface area contributed by atoms with Gasteiger partial charge in [-0.3, -0.25) is 4.98 Å². The fourth-order valence-corrected chi connectivity index (χ4v) is 3.02. The van der Waals surface area contributed by atoms with Crippen LogP contribution in [0.3, 0.4) is 0 Å². The van der Waals surface area contributed by atoms with E-state index in [2.05, 4.69) is 31.5 Å². The number of benzene rings is 2. The molecule has 1 aromatic heterocycles. The molecular weight excluding hydrogens is 406 g/mol. The minimum Gasteiger partial charge on any atom is -0.495 e. The molecule has 5 nitrogen and oxygen atoms in total. The average Bonchev–Trinajstić information content (AvgIpc) is 2.55. The van der Waals surface area contributed by atoms with Gasteiger partial charge >= 0.3 is 6.03 Å². The zero-order chi connectivity index (χ0) is 18.0. The molecule has 25 heavy (non-hydrogen) atoms. The molecule has 1 heterocycles. The first kappa shape index (κ1) is 17.5. The normalized spacial score (nSPS) is 10.6. The highest BCUT2D eigenvalue weighted by atomic mass is 79.9. The highest BCUT2D eigenvalue weighted by molar-refractivity contribution is 9.10. The molecule has 0 aliphatic heterocycles. The molecule has 128 valence electrons. The van der Waals surface area contributed by atoms with Crippen molar-refractivity contribution in [1.29, 1.82) is 0 Å². The van der Waals surface area contributed by atoms with E-state index >= 15 is 0 Å². The van der Waals surface area contributed by atoms with E-state index in [1.807, 2.05) is 31.2 Å². The number of urea groups is 1. The Bertz CT molecular complexity index is 962. The molecule has 3 rings (SSSR count). The van der Waals surface area contributed by atoms with Crippen LogP contribution in [0, 0.1) is 6.92 Å². The fraction of sp³-hybridized carbons (Fsp3) is 0.111. The van der Waals surface area contributed by atoms with E-state index in [-0.39, 0.29) is 0 Å². The number of methoxy groups -OCH3 is 1. The Balaban J connectivity index is 1.90. The van der Waals surface area contributed by atoms with Crippen molar-refractivity contribution in [3.05, 3.63) is 57.7 Å². The van der Waals surface area contributed by atoms with Crippen molar-refractivity contribution < 1.29 is 9.53 Å². The Morgan fingerprint density at radius 2 is 1.88 bits per heavy atom. The summed E-state index contributed by atoms with van der Waals surface area (Å²) in [6.07, 6.45) is 0. The maximum Gasteiger partial charge on any atom is 0.323 e. The first-order chi connectivity index (χ1) is 12.0. The largest absolute Gasteiger partial charge is 0.495 e. The number of pyridine rings is 1. The predicted molar refractivity (Wildman–Crippen MR) is 105 cm³/mol. The van der Waals surface area contributed by atoms with E-state index < -0.39 is 6.03 Å². The number of halogens is 2. The van der Waals surface area contributed by atoms with Gasteiger partial charge in [0, 0.05) is 20.6 Å². The van der Waals surface area contributed by atoms with Crippen molar-refractivity contribution >= 4 is 55.8 Å². The lowest BCUT2D eigenvalue weighted by Gasteiger charge is -2.13. The van der Waals surface area contributed by atoms with Gasteiger partial charge in [-0.1, -0.05) is 27.5 Å². The van der Waals surface area contributed by atoms with Crippen molar-refractivity contribution in [3.8, 4) is 5.75 Å². The SMILES string of the molecule is COc1ccc(Cl)cc1NC(=O)Nc1cc(C)nc2ccc(Br)cc12. The van der Waals surface area contributed by atoms with Crippen LogP contribution in [0.15, 0.2) is 46.9 Å². The van der Waals surface area contributed by atoms with Crippen molar-refractivity contribution in [1.82, 2.24) is 4.98 Å². The van der Waals surface area contributed by atoms with Gasteiger partial charge in [0.2, 0.25) is 0 Å². The number of carbonyl (C=O) groups excluding carboxylic acids is 1. The summed E-state index contributed by atoms with van der Waals surface area (Å²) < 4.78 is 6.15. The molecule has 2 N–H and O–H groups in total. The molecule has 0 aliphatic carbocycles. The molecule has 0 spiro atoms. The third-order valence-electron chi connectivity index (χ3n) is 3.56. The van der Waals surface area contributed by atoms with E-state index in [1.165, 1.54) is 7.11 Å². The number of hydrogen-bond donors (Lipinski definition) is 2. The van der Waals surface area contributed by atoms with Crippen LogP contribution >= 0.6 is 27.5 Å². The molecule has 0 bridgehead atoms. The number of anilines is 2. The second kappa shape index (κ2) is 7.29. The summed E-state index contributed by atoms with van der Waals surface area (Å²) in [4.78, 5) is 16.9. The number of ether oxygens (including phenoxy) is 1. The number of aryl methyl sites for hydroxylation is 1. The summed E-state index contributed by atoms with van der Waals surface area (Å²) >= 11 is 9.44. The standard InChI is InChI=1S/C18H15BrClN3O2/c1-10-7-15(13-8-11(19)3-5-14(13)21-10)22-18(24)23-16-9-12(20)4-6-17(16)25-2/h3-9H,1-2H3,(H2,21,22,23,24). The van der Waals surface area contributed by atoms with Crippen LogP contribution in [0.5, 0.6) is 5.75 Å². The molecule has 0 fully saturated rings. The van der Waals surface area contributed by atoms with Crippen LogP contribution in [-0.2, 0) is 0 Å². The fourth-order valence-electron chi connectivity index (χ4n) is 2.49. The van der Waals surface area contributed by atoms with Crippen molar-refractivity contribution in [2.45, 2.75) is 6.92 Å². The van der Waals surface area contributed by atoms with Crippen LogP contribution in [0.2, 0.25) is 5.02 Å². The number of hydrogen-bond acceptors (Lipinski definition) is 3. The van der Waals surface area contributed by atoms with Crippen LogP contribution < -0.4 is 15.4 Å². The molecule has 2 aromatic carbocycles. The lowest BCUT2D eigenvalue weighted by atomic mass is 10.1. The average molecular weight is 421 g/mol. The Labute approximate surface area is 158 Å². The Morgan fingerprint density at radius 3 is 2.64 bits per heavy atom. The van der Waals surface area contributed by atoms with Gasteiger partial charge in [-0.2, -0.15) is 0 Å². The van der Waals surface area contributed by atoms with Crippen LogP contribution in [0.25, 0.3) is 10.9 Å². The third-order valence-corrected chi connectivity index (χ3v) is 4.29. The summed E-state index contributed by atoms with van der Waals surface area (Å²) in [5, 5.41) is 6.97. The number of carbonyl (C=O) groups is 1. The second-order valence-corrected chi connectivity index (χ2v) is 6.75. The van der Waals surface area contributed by atoms with E-state index in [4.69, 9.17) is 16.3 Å². The maximum atomic E-state index is 12.4. The van der Waals surface area contributed by atoms with Crippen molar-refractivity contribution in [3.63, 3.8) is 0 Å². The van der Waals surface area contributed by atoms with E-state index in [0.717, 1.165) is 21.1 Å². The summed E-state index contributed by atoms with van der Waals surface area (Å²) in [7, 11) is 1.53. The summed E-state index contributed by atoms with van der Waals surface area (Å²) in [5.74, 6) is 0.526. The lowest BCUT2D eigenvalue weighted by Crippen LogP contribution is -2.20. The van der Waals surface area contributed by atoms with Gasteiger partial charge in [0.25, 0.3) is 0 Å². The van der Waals surface area contributed by atoms with Crippen molar-refractivity contribution in [2.75, 3.05) is 17.7 Å². The van der Waals surface area contributed by atoms with Gasteiger partial charge < -0.3 is 15.4 Å². The predicted octanol–water partition coefficient (Wildman–Crippen LogP) is 5.61. The minimum atomic E-state index is -0.396. The van der Waals surface area contributed by atoms with Crippen molar-refractivity contribution in [2.24, 2.45) is 0 Å². The summed E-state index contributed by atoms with van der Waals surface area (Å²) in [5.41, 5.74) is 2.77. The van der Waals surface area contributed by atoms with E-state index in [9.17, 15) is 4.79 Å². The highest BCUT2D eigenvalue weighted by Gasteiger charge is 2.11. The maximum absolute atomic E-state index is 12.4. The molecule has 3 aromatic rings. The summed E-state index contributed by atoms with van der Waals surface area (Å²) in [6.45, 7) is 1.88. The third kappa shape index (κ3) is 4.03. The van der Waals surface area contributed by atoms with Gasteiger partial charge in [-0.25, -0.2) is 4.79 Å². The van der Waals surface area contributed by atoms with Gasteiger partial charge in [0.15, 0.2) is 0 Å². The summed E-state index contributed by atoms with van der Waals surface area (Å²) in [6, 6.07) is 12.2. The Hall–Kier alpha value is -2.31. The molecule has 0 saturated heterocycles. The van der Waals surface area contributed by atoms with E-state index in [0.29, 0.717) is 22.1 Å².